The van der Waals surface area contributed by atoms with Crippen molar-refractivity contribution in [1.82, 2.24) is 0 Å². The first-order chi connectivity index (χ1) is 18.6. The van der Waals surface area contributed by atoms with Crippen molar-refractivity contribution in [2.45, 2.75) is 136 Å². The maximum atomic E-state index is 12.4. The normalized spacial score (nSPS) is 14.3. The van der Waals surface area contributed by atoms with Gasteiger partial charge < -0.3 is 27.9 Å². The summed E-state index contributed by atoms with van der Waals surface area (Å²) in [5, 5.41) is 0. The number of hydrogen-bond donors (Lipinski definition) is 0. The van der Waals surface area contributed by atoms with Crippen molar-refractivity contribution in [3.63, 3.8) is 0 Å². The van der Waals surface area contributed by atoms with E-state index in [1.54, 1.807) is 0 Å². The summed E-state index contributed by atoms with van der Waals surface area (Å²) in [5.41, 5.74) is 0. The van der Waals surface area contributed by atoms with Gasteiger partial charge in [-0.1, -0.05) is 110 Å². The van der Waals surface area contributed by atoms with E-state index in [4.69, 9.17) is 18.5 Å². The summed E-state index contributed by atoms with van der Waals surface area (Å²) in [4.78, 5) is 24.6. The molecule has 234 valence electrons. The number of esters is 1. The average molecular weight is 580 g/mol. The summed E-state index contributed by atoms with van der Waals surface area (Å²) in [7, 11) is 1.36. The molecule has 0 aromatic heterocycles. The van der Waals surface area contributed by atoms with Gasteiger partial charge >= 0.3 is 5.97 Å². The highest BCUT2D eigenvalue weighted by Gasteiger charge is 2.20. The van der Waals surface area contributed by atoms with Crippen LogP contribution < -0.4 is 4.89 Å². The van der Waals surface area contributed by atoms with Gasteiger partial charge in [0.1, 0.15) is 19.3 Å². The molecule has 0 aliphatic rings. The summed E-state index contributed by atoms with van der Waals surface area (Å²) < 4.78 is 34.1. The molecular formula is C30H62NO7P. The zero-order valence-electron chi connectivity index (χ0n) is 26.1. The summed E-state index contributed by atoms with van der Waals surface area (Å²) in [6.45, 7) is 5.36. The van der Waals surface area contributed by atoms with Gasteiger partial charge in [0.05, 0.1) is 34.4 Å². The van der Waals surface area contributed by atoms with E-state index in [0.717, 1.165) is 32.1 Å². The van der Waals surface area contributed by atoms with Crippen LogP contribution >= 0.6 is 7.82 Å². The predicted octanol–water partition coefficient (Wildman–Crippen LogP) is 7.18. The van der Waals surface area contributed by atoms with Crippen molar-refractivity contribution >= 4 is 13.8 Å². The third-order valence-corrected chi connectivity index (χ3v) is 7.62. The molecule has 0 bridgehead atoms. The molecule has 0 heterocycles. The second-order valence-electron chi connectivity index (χ2n) is 11.8. The van der Waals surface area contributed by atoms with Crippen LogP contribution in [0.1, 0.15) is 129 Å². The van der Waals surface area contributed by atoms with Gasteiger partial charge in [0, 0.05) is 13.0 Å². The van der Waals surface area contributed by atoms with Gasteiger partial charge in [0.2, 0.25) is 0 Å². The number of rotatable bonds is 29. The molecule has 0 saturated heterocycles. The summed E-state index contributed by atoms with van der Waals surface area (Å²) >= 11 is 0. The lowest BCUT2D eigenvalue weighted by atomic mass is 10.1. The molecule has 0 rings (SSSR count). The van der Waals surface area contributed by atoms with Crippen LogP contribution in [0.3, 0.4) is 0 Å². The third-order valence-electron chi connectivity index (χ3n) is 6.66. The third kappa shape index (κ3) is 28.8. The van der Waals surface area contributed by atoms with E-state index < -0.39 is 13.9 Å². The minimum Gasteiger partial charge on any atom is -0.756 e. The molecule has 0 aliphatic heterocycles. The summed E-state index contributed by atoms with van der Waals surface area (Å²) in [5.74, 6) is -0.339. The van der Waals surface area contributed by atoms with Gasteiger partial charge in [-0.3, -0.25) is 9.36 Å². The van der Waals surface area contributed by atoms with E-state index in [1.165, 1.54) is 77.0 Å². The Kier molecular flexibility index (Phi) is 24.9. The summed E-state index contributed by atoms with van der Waals surface area (Å²) in [6.07, 6.45) is 19.7. The quantitative estimate of drug-likeness (QED) is 0.0401. The highest BCUT2D eigenvalue weighted by atomic mass is 31.2. The second kappa shape index (κ2) is 25.2. The smallest absolute Gasteiger partial charge is 0.306 e. The van der Waals surface area contributed by atoms with Crippen molar-refractivity contribution in [2.24, 2.45) is 0 Å². The fourth-order valence-electron chi connectivity index (χ4n) is 4.13. The number of unbranched alkanes of at least 4 members (excludes halogenated alkanes) is 15. The molecule has 0 amide bonds. The second-order valence-corrected chi connectivity index (χ2v) is 13.2. The Hall–Kier alpha value is -0.500. The van der Waals surface area contributed by atoms with Gasteiger partial charge in [-0.25, -0.2) is 0 Å². The number of hydrogen-bond acceptors (Lipinski definition) is 7. The van der Waals surface area contributed by atoms with Crippen LogP contribution in [0.25, 0.3) is 0 Å². The van der Waals surface area contributed by atoms with E-state index in [2.05, 4.69) is 13.8 Å². The monoisotopic (exact) mass is 579 g/mol. The first-order valence-electron chi connectivity index (χ1n) is 15.8. The Morgan fingerprint density at radius 2 is 1.18 bits per heavy atom. The number of nitrogens with zero attached hydrogens (tertiary/aromatic N) is 1. The van der Waals surface area contributed by atoms with Gasteiger partial charge in [0.25, 0.3) is 7.82 Å². The molecule has 0 aromatic rings. The fraction of sp³-hybridized carbons (Fsp3) is 0.967. The number of ether oxygens (including phenoxy) is 2. The first-order valence-corrected chi connectivity index (χ1v) is 17.2. The van der Waals surface area contributed by atoms with Crippen LogP contribution in [-0.4, -0.2) is 70.7 Å². The lowest BCUT2D eigenvalue weighted by molar-refractivity contribution is -0.870. The van der Waals surface area contributed by atoms with E-state index in [9.17, 15) is 14.3 Å². The van der Waals surface area contributed by atoms with Crippen molar-refractivity contribution in [1.29, 1.82) is 0 Å². The SMILES string of the molecule is CCCCCCCCCCCC(=O)OC(COCCCCCCCCCC)COP(=O)([O-])OCC[N+](C)(C)C. The minimum absolute atomic E-state index is 0.0300. The first kappa shape index (κ1) is 38.5. The minimum atomic E-state index is -4.49. The van der Waals surface area contributed by atoms with Crippen molar-refractivity contribution in [2.75, 3.05) is 54.1 Å². The standard InChI is InChI=1S/C30H62NO7P/c1-6-8-10-12-14-16-17-19-21-23-30(32)38-29(27-35-25-22-20-18-15-13-11-9-7-2)28-37-39(33,34)36-26-24-31(3,4)5/h29H,6-28H2,1-5H3. The Labute approximate surface area is 240 Å². The largest absolute Gasteiger partial charge is 0.756 e. The Balaban J connectivity index is 4.38. The Morgan fingerprint density at radius 1 is 0.692 bits per heavy atom. The molecule has 39 heavy (non-hydrogen) atoms. The maximum Gasteiger partial charge on any atom is 0.306 e. The number of quaternary nitrogens is 1. The van der Waals surface area contributed by atoms with E-state index >= 15 is 0 Å². The van der Waals surface area contributed by atoms with Crippen LogP contribution in [0.2, 0.25) is 0 Å². The van der Waals surface area contributed by atoms with E-state index in [1.807, 2.05) is 21.1 Å². The zero-order chi connectivity index (χ0) is 29.2. The topological polar surface area (TPSA) is 94.1 Å². The molecule has 0 saturated carbocycles. The molecule has 0 fully saturated rings. The molecule has 0 aliphatic carbocycles. The average Bonchev–Trinajstić information content (AvgIpc) is 2.86. The molecule has 8 nitrogen and oxygen atoms in total. The van der Waals surface area contributed by atoms with Crippen LogP contribution in [0.4, 0.5) is 0 Å². The zero-order valence-corrected chi connectivity index (χ0v) is 27.0. The maximum absolute atomic E-state index is 12.4. The molecule has 0 N–H and O–H groups in total. The highest BCUT2D eigenvalue weighted by molar-refractivity contribution is 7.45. The number of phosphoric acid groups is 1. The van der Waals surface area contributed by atoms with Gasteiger partial charge in [0.15, 0.2) is 0 Å². The van der Waals surface area contributed by atoms with Crippen LogP contribution in [0, 0.1) is 0 Å². The number of phosphoric ester groups is 1. The summed E-state index contributed by atoms with van der Waals surface area (Å²) in [6, 6.07) is 0. The molecule has 0 aromatic carbocycles. The fourth-order valence-corrected chi connectivity index (χ4v) is 4.86. The Bertz CT molecular complexity index is 613. The molecular weight excluding hydrogens is 517 g/mol. The van der Waals surface area contributed by atoms with Gasteiger partial charge in [-0.15, -0.1) is 0 Å². The van der Waals surface area contributed by atoms with Crippen LogP contribution in [0.5, 0.6) is 0 Å². The van der Waals surface area contributed by atoms with Crippen molar-refractivity contribution in [3.8, 4) is 0 Å². The van der Waals surface area contributed by atoms with Crippen molar-refractivity contribution < 1.29 is 37.3 Å². The highest BCUT2D eigenvalue weighted by Crippen LogP contribution is 2.38. The lowest BCUT2D eigenvalue weighted by Crippen LogP contribution is -2.37. The van der Waals surface area contributed by atoms with Crippen LogP contribution in [0.15, 0.2) is 0 Å². The number of likely N-dealkylation sites (N-methyl/N-ethyl adjacent to an activating group) is 1. The molecule has 2 atom stereocenters. The molecule has 0 radical (unpaired) electrons. The van der Waals surface area contributed by atoms with Crippen LogP contribution in [-0.2, 0) is 27.9 Å². The molecule has 2 unspecified atom stereocenters. The van der Waals surface area contributed by atoms with Crippen molar-refractivity contribution in [3.05, 3.63) is 0 Å². The number of carbonyl (C=O) groups is 1. The van der Waals surface area contributed by atoms with Gasteiger partial charge in [-0.05, 0) is 12.8 Å². The van der Waals surface area contributed by atoms with Gasteiger partial charge in [-0.2, -0.15) is 0 Å². The molecule has 0 spiro atoms. The van der Waals surface area contributed by atoms with E-state index in [0.29, 0.717) is 24.1 Å². The lowest BCUT2D eigenvalue weighted by Gasteiger charge is -2.28. The Morgan fingerprint density at radius 3 is 1.69 bits per heavy atom. The number of carbonyl (C=O) groups excluding carboxylic acids is 1. The van der Waals surface area contributed by atoms with E-state index in [-0.39, 0.29) is 25.8 Å². The predicted molar refractivity (Wildman–Crippen MR) is 158 cm³/mol. The molecule has 9 heteroatoms.